The van der Waals surface area contributed by atoms with Crippen molar-refractivity contribution in [2.24, 2.45) is 0 Å². The number of hydrogen-bond acceptors (Lipinski definition) is 1. The molecule has 0 atom stereocenters. The van der Waals surface area contributed by atoms with Crippen molar-refractivity contribution in [1.82, 2.24) is 0 Å². The van der Waals surface area contributed by atoms with Gasteiger partial charge in [-0.25, -0.2) is 0 Å². The Labute approximate surface area is 261 Å². The van der Waals surface area contributed by atoms with E-state index < -0.39 is 24.2 Å². The monoisotopic (exact) mass is 555 g/mol. The van der Waals surface area contributed by atoms with Gasteiger partial charge in [-0.3, -0.25) is 0 Å². The second-order valence-corrected chi connectivity index (χ2v) is 10.5. The van der Waals surface area contributed by atoms with Crippen LogP contribution in [0.15, 0.2) is 162 Å². The highest BCUT2D eigenvalue weighted by atomic mass is 16.3. The molecule has 0 bridgehead atoms. The van der Waals surface area contributed by atoms with Gasteiger partial charge in [0.1, 0.15) is 11.2 Å². The third-order valence-electron chi connectivity index (χ3n) is 8.10. The third kappa shape index (κ3) is 3.72. The van der Waals surface area contributed by atoms with E-state index in [1.54, 1.807) is 0 Å². The lowest BCUT2D eigenvalue weighted by Gasteiger charge is -2.19. The molecule has 0 aliphatic heterocycles. The van der Waals surface area contributed by atoms with Crippen molar-refractivity contribution in [2.75, 3.05) is 0 Å². The van der Waals surface area contributed by atoms with Crippen molar-refractivity contribution < 1.29 is 16.8 Å². The summed E-state index contributed by atoms with van der Waals surface area (Å²) >= 11 is 0. The smallest absolute Gasteiger partial charge is 0.136 e. The van der Waals surface area contributed by atoms with Gasteiger partial charge >= 0.3 is 0 Å². The van der Waals surface area contributed by atoms with Crippen LogP contribution in [-0.2, 0) is 0 Å². The highest BCUT2D eigenvalue weighted by molar-refractivity contribution is 6.23. The summed E-state index contributed by atoms with van der Waals surface area (Å²) in [6, 6.07) is 30.6. The quantitative estimate of drug-likeness (QED) is 0.198. The van der Waals surface area contributed by atoms with Gasteiger partial charge in [-0.05, 0) is 89.9 Å². The van der Waals surface area contributed by atoms with Crippen LogP contribution in [0.1, 0.15) is 12.3 Å². The van der Waals surface area contributed by atoms with Crippen LogP contribution in [0.2, 0.25) is 0 Å². The van der Waals surface area contributed by atoms with Crippen molar-refractivity contribution in [1.29, 1.82) is 0 Å². The molecule has 1 aromatic heterocycles. The van der Waals surface area contributed by atoms with Crippen molar-refractivity contribution in [3.05, 3.63) is 158 Å². The van der Waals surface area contributed by atoms with E-state index in [0.717, 1.165) is 43.8 Å². The minimum absolute atomic E-state index is 0.0106. The molecule has 0 saturated carbocycles. The lowest BCUT2D eigenvalue weighted by atomic mass is 9.84. The Morgan fingerprint density at radius 2 is 0.953 bits per heavy atom. The maximum Gasteiger partial charge on any atom is 0.136 e. The highest BCUT2D eigenvalue weighted by Crippen LogP contribution is 2.46. The normalized spacial score (nSPS) is 14.7. The molecular formula is C42H26O. The predicted molar refractivity (Wildman–Crippen MR) is 183 cm³/mol. The first-order chi connectivity index (χ1) is 25.1. The maximum atomic E-state index is 9.58. The number of furan rings is 1. The zero-order valence-electron chi connectivity index (χ0n) is 31.7. The summed E-state index contributed by atoms with van der Waals surface area (Å²) in [5.41, 5.74) is 4.62. The fourth-order valence-electron chi connectivity index (χ4n) is 6.24. The molecule has 43 heavy (non-hydrogen) atoms. The molecule has 0 fully saturated rings. The summed E-state index contributed by atoms with van der Waals surface area (Å²) in [7, 11) is 0. The molecular weight excluding hydrogens is 520 g/mol. The molecule has 0 aliphatic carbocycles. The fourth-order valence-corrected chi connectivity index (χ4v) is 6.24. The Bertz CT molecular complexity index is 2950. The SMILES string of the molecule is [2H]c1c([2H])c([2H])c2c([2H])c3c(oc4c([2H])c(-c5c6ccccc6c(-c6ccccc6-c6ccccc6)c6ccccc56)c([2H])c([2H])c43)c([2H])c2c1[2H]. The topological polar surface area (TPSA) is 13.1 Å². The number of benzene rings is 8. The van der Waals surface area contributed by atoms with Crippen molar-refractivity contribution >= 4 is 54.3 Å². The molecule has 0 amide bonds. The Morgan fingerprint density at radius 1 is 0.395 bits per heavy atom. The van der Waals surface area contributed by atoms with Gasteiger partial charge in [0.25, 0.3) is 0 Å². The van der Waals surface area contributed by atoms with Gasteiger partial charge in [-0.15, -0.1) is 0 Å². The Balaban J connectivity index is 1.42. The van der Waals surface area contributed by atoms with Crippen LogP contribution in [0.25, 0.3) is 87.6 Å². The minimum atomic E-state index is -0.540. The standard InChI is InChI=1S/C42H26O/c1-2-12-27(13-3-1)31-16-6-7-17-33(31)42-36-20-10-8-18-34(36)41(35-19-9-11-21-37(35)42)30-22-23-32-38-24-28-14-4-5-15-29(28)25-40(38)43-39(32)26-30/h1-26H/i4D,5D,14D,15D,22D,23D,24D,25D,26D. The van der Waals surface area contributed by atoms with E-state index in [4.69, 9.17) is 12.6 Å². The summed E-state index contributed by atoms with van der Waals surface area (Å²) in [6.45, 7) is 0. The van der Waals surface area contributed by atoms with E-state index in [0.29, 0.717) is 5.56 Å². The van der Waals surface area contributed by atoms with Gasteiger partial charge in [0.15, 0.2) is 0 Å². The average Bonchev–Trinajstić information content (AvgIpc) is 3.59. The van der Waals surface area contributed by atoms with Crippen LogP contribution < -0.4 is 0 Å². The molecule has 1 heterocycles. The van der Waals surface area contributed by atoms with E-state index in [-0.39, 0.29) is 68.5 Å². The van der Waals surface area contributed by atoms with Gasteiger partial charge < -0.3 is 4.42 Å². The van der Waals surface area contributed by atoms with Crippen molar-refractivity contribution in [3.8, 4) is 33.4 Å². The first-order valence-corrected chi connectivity index (χ1v) is 14.1. The highest BCUT2D eigenvalue weighted by Gasteiger charge is 2.19. The fraction of sp³-hybridized carbons (Fsp3) is 0. The van der Waals surface area contributed by atoms with Gasteiger partial charge in [0, 0.05) is 10.8 Å². The van der Waals surface area contributed by atoms with Gasteiger partial charge in [-0.1, -0.05) is 133 Å². The molecule has 0 spiro atoms. The lowest BCUT2D eigenvalue weighted by Crippen LogP contribution is -1.92. The Morgan fingerprint density at radius 3 is 1.65 bits per heavy atom. The molecule has 8 aromatic carbocycles. The second-order valence-electron chi connectivity index (χ2n) is 10.5. The molecule has 9 rings (SSSR count). The summed E-state index contributed by atoms with van der Waals surface area (Å²) in [5, 5.41) is 2.95. The van der Waals surface area contributed by atoms with Gasteiger partial charge in [0.2, 0.25) is 0 Å². The van der Waals surface area contributed by atoms with Gasteiger partial charge in [0.05, 0.1) is 12.3 Å². The van der Waals surface area contributed by atoms with E-state index in [1.165, 1.54) is 0 Å². The molecule has 0 saturated heterocycles. The first kappa shape index (κ1) is 16.7. The predicted octanol–water partition coefficient (Wildman–Crippen LogP) is 12.0. The largest absolute Gasteiger partial charge is 0.456 e. The summed E-state index contributed by atoms with van der Waals surface area (Å²) in [6.07, 6.45) is 0. The van der Waals surface area contributed by atoms with Crippen LogP contribution in [0, 0.1) is 0 Å². The van der Waals surface area contributed by atoms with E-state index >= 15 is 0 Å². The van der Waals surface area contributed by atoms with Crippen LogP contribution in [-0.4, -0.2) is 0 Å². The van der Waals surface area contributed by atoms with Crippen LogP contribution in [0.5, 0.6) is 0 Å². The van der Waals surface area contributed by atoms with E-state index in [1.807, 2.05) is 78.9 Å². The molecule has 1 heteroatoms. The molecule has 0 unspecified atom stereocenters. The number of rotatable bonds is 3. The Hall–Kier alpha value is -5.66. The number of fused-ring (bicyclic) bond motifs is 6. The summed E-state index contributed by atoms with van der Waals surface area (Å²) in [5.74, 6) is 0. The molecule has 0 aliphatic rings. The molecule has 0 N–H and O–H groups in total. The van der Waals surface area contributed by atoms with E-state index in [9.17, 15) is 4.11 Å². The molecule has 0 radical (unpaired) electrons. The first-order valence-electron chi connectivity index (χ1n) is 18.6. The zero-order chi connectivity index (χ0) is 36.2. The van der Waals surface area contributed by atoms with E-state index in [2.05, 4.69) is 24.3 Å². The minimum Gasteiger partial charge on any atom is -0.456 e. The third-order valence-corrected chi connectivity index (χ3v) is 8.10. The summed E-state index contributed by atoms with van der Waals surface area (Å²) in [4.78, 5) is 0. The van der Waals surface area contributed by atoms with Crippen molar-refractivity contribution in [2.45, 2.75) is 0 Å². The molecule has 1 nitrogen and oxygen atoms in total. The number of hydrogen-bond donors (Lipinski definition) is 0. The molecule has 9 aromatic rings. The van der Waals surface area contributed by atoms with Crippen LogP contribution in [0.3, 0.4) is 0 Å². The summed E-state index contributed by atoms with van der Waals surface area (Å²) < 4.78 is 86.0. The van der Waals surface area contributed by atoms with Crippen LogP contribution >= 0.6 is 0 Å². The molecule has 200 valence electrons. The Kier molecular flexibility index (Phi) is 3.67. The lowest BCUT2D eigenvalue weighted by molar-refractivity contribution is 0.669. The second kappa shape index (κ2) is 9.44. The van der Waals surface area contributed by atoms with Crippen molar-refractivity contribution in [3.63, 3.8) is 0 Å². The maximum absolute atomic E-state index is 9.58. The zero-order valence-corrected chi connectivity index (χ0v) is 22.7. The average molecular weight is 556 g/mol. The van der Waals surface area contributed by atoms with Crippen LogP contribution in [0.4, 0.5) is 0 Å². The van der Waals surface area contributed by atoms with Gasteiger partial charge in [-0.2, -0.15) is 0 Å².